The van der Waals surface area contributed by atoms with Gasteiger partial charge in [-0.15, -0.1) is 0 Å². The maximum atomic E-state index is 12.5. The largest absolute Gasteiger partial charge is 0.389 e. The van der Waals surface area contributed by atoms with Gasteiger partial charge in [-0.05, 0) is 109 Å². The summed E-state index contributed by atoms with van der Waals surface area (Å²) in [7, 11) is 0. The van der Waals surface area contributed by atoms with E-state index in [9.17, 15) is 5.11 Å². The van der Waals surface area contributed by atoms with Crippen molar-refractivity contribution < 1.29 is 5.11 Å². The Hall–Kier alpha value is -0.0400. The van der Waals surface area contributed by atoms with Crippen molar-refractivity contribution >= 4 is 0 Å². The molecule has 0 heterocycles. The van der Waals surface area contributed by atoms with E-state index in [0.29, 0.717) is 33.5 Å². The van der Waals surface area contributed by atoms with Crippen molar-refractivity contribution in [3.63, 3.8) is 0 Å². The molecule has 0 aromatic heterocycles. The quantitative estimate of drug-likeness (QED) is 0.709. The molecule has 0 aliphatic heterocycles. The smallest absolute Gasteiger partial charge is 0.0771 e. The van der Waals surface area contributed by atoms with Gasteiger partial charge in [0.25, 0.3) is 0 Å². The van der Waals surface area contributed by atoms with E-state index in [0.717, 1.165) is 29.6 Å². The average molecular weight is 310 g/mol. The number of hydrogen-bond acceptors (Lipinski definition) is 1. The van der Waals surface area contributed by atoms with Crippen molar-refractivity contribution in [2.75, 3.05) is 0 Å². The fraction of sp³-hybridized carbons (Fsp3) is 1.00. The van der Waals surface area contributed by atoms with Gasteiger partial charge in [0, 0.05) is 5.41 Å². The monoisotopic (exact) mass is 310 g/mol. The van der Waals surface area contributed by atoms with Crippen molar-refractivity contribution in [3.05, 3.63) is 0 Å². The van der Waals surface area contributed by atoms with Crippen LogP contribution in [0.1, 0.15) is 65.2 Å². The average Bonchev–Trinajstić information content (AvgIpc) is 3.19. The molecule has 0 saturated heterocycles. The summed E-state index contributed by atoms with van der Waals surface area (Å²) in [6.07, 6.45) is 11.6. The molecule has 0 radical (unpaired) electrons. The second kappa shape index (κ2) is 2.78. The molecule has 10 saturated carbocycles. The Morgan fingerprint density at radius 3 is 1.74 bits per heavy atom. The summed E-state index contributed by atoms with van der Waals surface area (Å²) in [5, 5.41) is 12.5. The maximum absolute atomic E-state index is 12.5. The molecule has 8 unspecified atom stereocenters. The maximum Gasteiger partial charge on any atom is 0.0771 e. The van der Waals surface area contributed by atoms with Gasteiger partial charge in [0.2, 0.25) is 0 Å². The lowest BCUT2D eigenvalue weighted by molar-refractivity contribution is -0.283. The van der Waals surface area contributed by atoms with Crippen LogP contribution in [0, 0.1) is 63.1 Å². The first-order valence-corrected chi connectivity index (χ1v) is 10.7. The zero-order valence-corrected chi connectivity index (χ0v) is 14.6. The Bertz CT molecular complexity index is 648. The minimum absolute atomic E-state index is 0.236. The normalized spacial score (nSPS) is 83.3. The van der Waals surface area contributed by atoms with Gasteiger partial charge in [-0.2, -0.15) is 0 Å². The summed E-state index contributed by atoms with van der Waals surface area (Å²) < 4.78 is 0. The zero-order valence-electron chi connectivity index (χ0n) is 14.6. The fourth-order valence-corrected chi connectivity index (χ4v) is 13.1. The lowest BCUT2D eigenvalue weighted by Crippen LogP contribution is -2.71. The lowest BCUT2D eigenvalue weighted by Gasteiger charge is -2.70. The first-order valence-electron chi connectivity index (χ1n) is 10.7. The molecule has 1 nitrogen and oxygen atoms in total. The minimum atomic E-state index is -0.236. The van der Waals surface area contributed by atoms with Gasteiger partial charge >= 0.3 is 0 Å². The third-order valence-corrected chi connectivity index (χ3v) is 12.7. The van der Waals surface area contributed by atoms with Gasteiger partial charge in [-0.1, -0.05) is 13.8 Å². The molecule has 8 atom stereocenters. The van der Waals surface area contributed by atoms with Crippen LogP contribution in [0.3, 0.4) is 0 Å². The molecule has 10 fully saturated rings. The van der Waals surface area contributed by atoms with Gasteiger partial charge in [-0.3, -0.25) is 0 Å². The van der Waals surface area contributed by atoms with Crippen LogP contribution in [-0.4, -0.2) is 10.7 Å². The van der Waals surface area contributed by atoms with Crippen LogP contribution < -0.4 is 0 Å². The van der Waals surface area contributed by atoms with E-state index in [1.54, 1.807) is 0 Å². The Labute approximate surface area is 139 Å². The molecule has 1 heteroatoms. The van der Waals surface area contributed by atoms with Gasteiger partial charge in [0.05, 0.1) is 5.60 Å². The molecule has 10 aliphatic rings. The van der Waals surface area contributed by atoms with Crippen LogP contribution in [-0.2, 0) is 0 Å². The van der Waals surface area contributed by atoms with Crippen LogP contribution in [0.4, 0.5) is 0 Å². The molecule has 0 aromatic carbocycles. The second-order valence-electron chi connectivity index (χ2n) is 12.2. The summed E-state index contributed by atoms with van der Waals surface area (Å²) in [6.45, 7) is 5.25. The van der Waals surface area contributed by atoms with Gasteiger partial charge in [-0.25, -0.2) is 0 Å². The first-order chi connectivity index (χ1) is 10.9. The first kappa shape index (κ1) is 12.3. The van der Waals surface area contributed by atoms with Gasteiger partial charge in [0.1, 0.15) is 0 Å². The van der Waals surface area contributed by atoms with Gasteiger partial charge < -0.3 is 5.11 Å². The van der Waals surface area contributed by atoms with E-state index < -0.39 is 0 Å². The van der Waals surface area contributed by atoms with Crippen LogP contribution in [0.2, 0.25) is 0 Å². The third kappa shape index (κ3) is 0.737. The minimum Gasteiger partial charge on any atom is -0.389 e. The summed E-state index contributed by atoms with van der Waals surface area (Å²) in [5.74, 6) is 6.39. The highest BCUT2D eigenvalue weighted by molar-refractivity contribution is 5.43. The molecule has 12 bridgehead atoms. The van der Waals surface area contributed by atoms with Crippen LogP contribution in [0.25, 0.3) is 0 Å². The summed E-state index contributed by atoms with van der Waals surface area (Å²) >= 11 is 0. The standard InChI is InChI=1S/C22H30O/c1-18-7-11-8-19(18,2)10-20(9-18)21(11)12-3-5-14-16(12)17-13(21)4-6-15(17)22(14,20)23/h11-17,23H,3-10H2,1-2H3. The number of hydrogen-bond donors (Lipinski definition) is 1. The Balaban J connectivity index is 1.54. The third-order valence-electron chi connectivity index (χ3n) is 12.7. The fourth-order valence-electron chi connectivity index (χ4n) is 13.1. The Morgan fingerprint density at radius 1 is 0.739 bits per heavy atom. The zero-order chi connectivity index (χ0) is 15.2. The Kier molecular flexibility index (Phi) is 1.49. The van der Waals surface area contributed by atoms with E-state index >= 15 is 0 Å². The van der Waals surface area contributed by atoms with Crippen molar-refractivity contribution in [1.82, 2.24) is 0 Å². The van der Waals surface area contributed by atoms with E-state index in [1.165, 1.54) is 51.4 Å². The molecule has 0 amide bonds. The molecular formula is C22H30O. The lowest BCUT2D eigenvalue weighted by atomic mass is 9.35. The van der Waals surface area contributed by atoms with E-state index in [1.807, 2.05) is 0 Å². The SMILES string of the molecule is CC12CC3CC1(C)CC1(C2)C2(O)C4CCC5C4C4C2CCC4C351. The highest BCUT2D eigenvalue weighted by Crippen LogP contribution is 2.98. The van der Waals surface area contributed by atoms with Crippen molar-refractivity contribution in [2.45, 2.75) is 70.8 Å². The summed E-state index contributed by atoms with van der Waals surface area (Å²) in [5.41, 5.74) is 1.83. The summed E-state index contributed by atoms with van der Waals surface area (Å²) in [6, 6.07) is 0. The molecule has 23 heavy (non-hydrogen) atoms. The number of rotatable bonds is 0. The topological polar surface area (TPSA) is 20.2 Å². The highest BCUT2D eigenvalue weighted by atomic mass is 16.3. The van der Waals surface area contributed by atoms with Crippen LogP contribution >= 0.6 is 0 Å². The molecule has 10 rings (SSSR count). The number of aliphatic hydroxyl groups is 1. The molecular weight excluding hydrogens is 280 g/mol. The van der Waals surface area contributed by atoms with Crippen molar-refractivity contribution in [1.29, 1.82) is 0 Å². The molecule has 124 valence electrons. The van der Waals surface area contributed by atoms with E-state index in [-0.39, 0.29) is 5.60 Å². The van der Waals surface area contributed by atoms with Gasteiger partial charge in [0.15, 0.2) is 0 Å². The van der Waals surface area contributed by atoms with Crippen LogP contribution in [0.15, 0.2) is 0 Å². The Morgan fingerprint density at radius 2 is 1.22 bits per heavy atom. The molecule has 0 aromatic rings. The van der Waals surface area contributed by atoms with Crippen molar-refractivity contribution in [2.24, 2.45) is 63.1 Å². The molecule has 2 spiro atoms. The highest BCUT2D eigenvalue weighted by Gasteiger charge is 2.95. The van der Waals surface area contributed by atoms with E-state index in [4.69, 9.17) is 0 Å². The summed E-state index contributed by atoms with van der Waals surface area (Å²) in [4.78, 5) is 0. The predicted octanol–water partition coefficient (Wildman–Crippen LogP) is 4.25. The molecule has 1 N–H and O–H groups in total. The van der Waals surface area contributed by atoms with Crippen molar-refractivity contribution in [3.8, 4) is 0 Å². The molecule has 10 aliphatic carbocycles. The van der Waals surface area contributed by atoms with Crippen LogP contribution in [0.5, 0.6) is 0 Å². The van der Waals surface area contributed by atoms with E-state index in [2.05, 4.69) is 13.8 Å². The second-order valence-corrected chi connectivity index (χ2v) is 12.2. The predicted molar refractivity (Wildman–Crippen MR) is 87.4 cm³/mol.